The molecular weight excluding hydrogens is 274 g/mol. The van der Waals surface area contributed by atoms with E-state index in [1.165, 1.54) is 6.92 Å². The van der Waals surface area contributed by atoms with Crippen molar-refractivity contribution in [3.8, 4) is 0 Å². The van der Waals surface area contributed by atoms with Crippen LogP contribution in [0.15, 0.2) is 4.90 Å². The van der Waals surface area contributed by atoms with Gasteiger partial charge >= 0.3 is 5.97 Å². The summed E-state index contributed by atoms with van der Waals surface area (Å²) in [5, 5.41) is 11.1. The van der Waals surface area contributed by atoms with E-state index in [-0.39, 0.29) is 28.8 Å². The third-order valence-electron chi connectivity index (χ3n) is 2.84. The Morgan fingerprint density at radius 3 is 2.95 bits per heavy atom. The Labute approximate surface area is 110 Å². The lowest BCUT2D eigenvalue weighted by atomic mass is 10.1. The van der Waals surface area contributed by atoms with E-state index >= 15 is 0 Å². The maximum Gasteiger partial charge on any atom is 0.360 e. The van der Waals surface area contributed by atoms with E-state index in [0.29, 0.717) is 13.2 Å². The fraction of sp³-hybridized carbons (Fsp3) is 0.600. The molecule has 19 heavy (non-hydrogen) atoms. The van der Waals surface area contributed by atoms with E-state index < -0.39 is 16.0 Å². The van der Waals surface area contributed by atoms with E-state index in [0.717, 1.165) is 6.42 Å². The molecule has 0 bridgehead atoms. The van der Waals surface area contributed by atoms with Gasteiger partial charge in [0.25, 0.3) is 0 Å². The number of ether oxygens (including phenoxy) is 2. The number of nitrogens with two attached hydrogens (primary N) is 1. The second-order valence-electron chi connectivity index (χ2n) is 4.40. The number of carbonyl (C=O) groups is 1. The quantitative estimate of drug-likeness (QED) is 0.724. The second kappa shape index (κ2) is 5.27. The number of esters is 1. The summed E-state index contributed by atoms with van der Waals surface area (Å²) < 4.78 is 33.0. The molecule has 1 aromatic heterocycles. The van der Waals surface area contributed by atoms with Gasteiger partial charge in [-0.05, 0) is 13.3 Å². The fourth-order valence-electron chi connectivity index (χ4n) is 1.88. The van der Waals surface area contributed by atoms with Crippen LogP contribution in [0.1, 0.15) is 22.6 Å². The van der Waals surface area contributed by atoms with Crippen LogP contribution >= 0.6 is 0 Å². The third-order valence-corrected chi connectivity index (χ3v) is 3.91. The molecule has 1 saturated heterocycles. The number of hydrogen-bond donors (Lipinski definition) is 2. The van der Waals surface area contributed by atoms with Crippen molar-refractivity contribution in [1.29, 1.82) is 0 Å². The van der Waals surface area contributed by atoms with Gasteiger partial charge in [-0.2, -0.15) is 5.10 Å². The first-order chi connectivity index (χ1) is 8.89. The molecule has 2 heterocycles. The standard InChI is InChI=1S/C10H15N3O5S/c1-6-9(19(11,15)16)8(13-12-6)10(14)18-5-7-2-3-17-4-7/h7H,2-5H2,1H3,(H,12,13)(H2,11,15,16). The minimum atomic E-state index is -4.02. The summed E-state index contributed by atoms with van der Waals surface area (Å²) in [5.74, 6) is -0.665. The summed E-state index contributed by atoms with van der Waals surface area (Å²) in [4.78, 5) is 11.5. The Bertz CT molecular complexity index is 574. The number of hydrogen-bond acceptors (Lipinski definition) is 6. The van der Waals surface area contributed by atoms with Crippen molar-refractivity contribution in [2.75, 3.05) is 19.8 Å². The van der Waals surface area contributed by atoms with Crippen LogP contribution in [0.25, 0.3) is 0 Å². The molecule has 8 nitrogen and oxygen atoms in total. The summed E-state index contributed by atoms with van der Waals surface area (Å²) in [6.07, 6.45) is 0.814. The molecule has 0 radical (unpaired) electrons. The van der Waals surface area contributed by atoms with Gasteiger partial charge in [0.2, 0.25) is 10.0 Å². The number of sulfonamides is 1. The Hall–Kier alpha value is -1.45. The molecule has 1 aliphatic rings. The van der Waals surface area contributed by atoms with Crippen LogP contribution in [0.5, 0.6) is 0 Å². The van der Waals surface area contributed by atoms with Gasteiger partial charge in [-0.1, -0.05) is 0 Å². The molecule has 1 unspecified atom stereocenters. The van der Waals surface area contributed by atoms with E-state index in [1.807, 2.05) is 0 Å². The zero-order chi connectivity index (χ0) is 14.0. The number of aromatic nitrogens is 2. The third kappa shape index (κ3) is 3.11. The highest BCUT2D eigenvalue weighted by Gasteiger charge is 2.27. The SMILES string of the molecule is Cc1[nH]nc(C(=O)OCC2CCOC2)c1S(N)(=O)=O. The van der Waals surface area contributed by atoms with Gasteiger partial charge in [-0.15, -0.1) is 0 Å². The van der Waals surface area contributed by atoms with Gasteiger partial charge in [0.05, 0.1) is 18.9 Å². The molecular formula is C10H15N3O5S. The lowest BCUT2D eigenvalue weighted by Gasteiger charge is -2.08. The van der Waals surface area contributed by atoms with Crippen molar-refractivity contribution in [2.24, 2.45) is 11.1 Å². The van der Waals surface area contributed by atoms with Gasteiger partial charge in [0, 0.05) is 12.5 Å². The van der Waals surface area contributed by atoms with Crippen LogP contribution < -0.4 is 5.14 Å². The summed E-state index contributed by atoms with van der Waals surface area (Å²) in [7, 11) is -4.02. The lowest BCUT2D eigenvalue weighted by Crippen LogP contribution is -2.20. The van der Waals surface area contributed by atoms with Crippen molar-refractivity contribution in [2.45, 2.75) is 18.2 Å². The van der Waals surface area contributed by atoms with Gasteiger partial charge in [-0.25, -0.2) is 18.4 Å². The summed E-state index contributed by atoms with van der Waals surface area (Å²) in [5.41, 5.74) is -0.0995. The number of rotatable bonds is 4. The highest BCUT2D eigenvalue weighted by Crippen LogP contribution is 2.18. The minimum Gasteiger partial charge on any atom is -0.460 e. The smallest absolute Gasteiger partial charge is 0.360 e. The first kappa shape index (κ1) is 14.0. The van der Waals surface area contributed by atoms with Gasteiger partial charge in [0.15, 0.2) is 5.69 Å². The highest BCUT2D eigenvalue weighted by atomic mass is 32.2. The zero-order valence-corrected chi connectivity index (χ0v) is 11.2. The molecule has 2 rings (SSSR count). The van der Waals surface area contributed by atoms with Gasteiger partial charge in [0.1, 0.15) is 4.90 Å². The predicted molar refractivity (Wildman–Crippen MR) is 63.9 cm³/mol. The molecule has 0 saturated carbocycles. The monoisotopic (exact) mass is 289 g/mol. The molecule has 106 valence electrons. The molecule has 0 spiro atoms. The van der Waals surface area contributed by atoms with Crippen LogP contribution in [0.2, 0.25) is 0 Å². The molecule has 1 fully saturated rings. The van der Waals surface area contributed by atoms with Gasteiger partial charge < -0.3 is 9.47 Å². The van der Waals surface area contributed by atoms with Crippen molar-refractivity contribution in [1.82, 2.24) is 10.2 Å². The Balaban J connectivity index is 2.11. The Kier molecular flexibility index (Phi) is 3.88. The second-order valence-corrected chi connectivity index (χ2v) is 5.90. The topological polar surface area (TPSA) is 124 Å². The number of nitrogens with one attached hydrogen (secondary N) is 1. The van der Waals surface area contributed by atoms with Crippen LogP contribution in [-0.2, 0) is 19.5 Å². The molecule has 1 aliphatic heterocycles. The number of primary sulfonamides is 1. The Morgan fingerprint density at radius 1 is 1.63 bits per heavy atom. The zero-order valence-electron chi connectivity index (χ0n) is 10.4. The minimum absolute atomic E-state index is 0.141. The fourth-order valence-corrected chi connectivity index (χ4v) is 2.75. The summed E-state index contributed by atoms with van der Waals surface area (Å²) in [6.45, 7) is 2.82. The van der Waals surface area contributed by atoms with Crippen LogP contribution in [0.4, 0.5) is 0 Å². The van der Waals surface area contributed by atoms with Crippen LogP contribution in [-0.4, -0.2) is 44.4 Å². The highest BCUT2D eigenvalue weighted by molar-refractivity contribution is 7.89. The number of aromatic amines is 1. The van der Waals surface area contributed by atoms with E-state index in [9.17, 15) is 13.2 Å². The first-order valence-electron chi connectivity index (χ1n) is 5.72. The molecule has 0 aromatic carbocycles. The maximum atomic E-state index is 11.8. The number of aryl methyl sites for hydroxylation is 1. The summed E-state index contributed by atoms with van der Waals surface area (Å²) in [6, 6.07) is 0. The summed E-state index contributed by atoms with van der Waals surface area (Å²) >= 11 is 0. The molecule has 1 atom stereocenters. The number of H-pyrrole nitrogens is 1. The molecule has 0 aliphatic carbocycles. The van der Waals surface area contributed by atoms with Crippen LogP contribution in [0.3, 0.4) is 0 Å². The van der Waals surface area contributed by atoms with E-state index in [2.05, 4.69) is 10.2 Å². The first-order valence-corrected chi connectivity index (χ1v) is 7.27. The normalized spacial score (nSPS) is 19.6. The average Bonchev–Trinajstić information content (AvgIpc) is 2.93. The lowest BCUT2D eigenvalue weighted by molar-refractivity contribution is 0.0417. The maximum absolute atomic E-state index is 11.8. The van der Waals surface area contributed by atoms with E-state index in [1.54, 1.807) is 0 Å². The predicted octanol–water partition coefficient (Wildman–Crippen LogP) is -0.441. The molecule has 0 amide bonds. The average molecular weight is 289 g/mol. The molecule has 1 aromatic rings. The molecule has 3 N–H and O–H groups in total. The van der Waals surface area contributed by atoms with Crippen molar-refractivity contribution in [3.63, 3.8) is 0 Å². The number of carbonyl (C=O) groups excluding carboxylic acids is 1. The number of nitrogens with zero attached hydrogens (tertiary/aromatic N) is 1. The largest absolute Gasteiger partial charge is 0.460 e. The van der Waals surface area contributed by atoms with E-state index in [4.69, 9.17) is 14.6 Å². The Morgan fingerprint density at radius 2 is 2.37 bits per heavy atom. The van der Waals surface area contributed by atoms with Crippen molar-refractivity contribution < 1.29 is 22.7 Å². The van der Waals surface area contributed by atoms with Crippen molar-refractivity contribution >= 4 is 16.0 Å². The van der Waals surface area contributed by atoms with Crippen molar-refractivity contribution in [3.05, 3.63) is 11.4 Å². The molecule has 9 heteroatoms. The van der Waals surface area contributed by atoms with Gasteiger partial charge in [-0.3, -0.25) is 5.10 Å². The van der Waals surface area contributed by atoms with Crippen LogP contribution in [0, 0.1) is 12.8 Å².